The fourth-order valence-corrected chi connectivity index (χ4v) is 4.66. The van der Waals surface area contributed by atoms with Gasteiger partial charge in [0.2, 0.25) is 0 Å². The molecule has 0 heteroatoms. The van der Waals surface area contributed by atoms with Crippen LogP contribution in [0.3, 0.4) is 0 Å². The van der Waals surface area contributed by atoms with Crippen molar-refractivity contribution in [2.24, 2.45) is 0 Å². The second-order valence-electron chi connectivity index (χ2n) is 7.15. The molecule has 2 aliphatic carbocycles. The van der Waals surface area contributed by atoms with Gasteiger partial charge < -0.3 is 0 Å². The van der Waals surface area contributed by atoms with Gasteiger partial charge in [-0.3, -0.25) is 0 Å². The monoisotopic (exact) mass is 310 g/mol. The van der Waals surface area contributed by atoms with E-state index in [0.29, 0.717) is 0 Å². The van der Waals surface area contributed by atoms with Crippen LogP contribution in [0.1, 0.15) is 35.1 Å². The first kappa shape index (κ1) is 14.0. The Balaban J connectivity index is 1.85. The van der Waals surface area contributed by atoms with Crippen molar-refractivity contribution >= 4 is 0 Å². The molecule has 0 aliphatic heterocycles. The van der Waals surface area contributed by atoms with Crippen molar-refractivity contribution in [3.8, 4) is 22.3 Å². The summed E-state index contributed by atoms with van der Waals surface area (Å²) in [6.07, 6.45) is 7.62. The van der Waals surface area contributed by atoms with Gasteiger partial charge in [0.25, 0.3) is 0 Å². The van der Waals surface area contributed by atoms with Crippen molar-refractivity contribution < 1.29 is 0 Å². The molecule has 0 spiro atoms. The molecule has 0 fully saturated rings. The highest BCUT2D eigenvalue weighted by Gasteiger charge is 2.25. The summed E-state index contributed by atoms with van der Waals surface area (Å²) in [4.78, 5) is 0. The molecular formula is C24H22. The van der Waals surface area contributed by atoms with Crippen molar-refractivity contribution in [1.29, 1.82) is 0 Å². The average Bonchev–Trinajstić information content (AvgIpc) is 2.67. The van der Waals surface area contributed by atoms with Crippen LogP contribution in [0.15, 0.2) is 60.7 Å². The van der Waals surface area contributed by atoms with Crippen LogP contribution in [0.25, 0.3) is 22.3 Å². The third kappa shape index (κ3) is 2.13. The van der Waals surface area contributed by atoms with Crippen LogP contribution in [-0.2, 0) is 25.7 Å². The molecule has 0 heterocycles. The zero-order valence-electron chi connectivity index (χ0n) is 14.0. The lowest BCUT2D eigenvalue weighted by molar-refractivity contribution is 0.677. The minimum Gasteiger partial charge on any atom is -0.0622 e. The van der Waals surface area contributed by atoms with Gasteiger partial charge in [-0.25, -0.2) is 0 Å². The fraction of sp³-hybridized carbons (Fsp3) is 0.250. The summed E-state index contributed by atoms with van der Waals surface area (Å²) >= 11 is 0. The molecule has 0 unspecified atom stereocenters. The molecule has 3 aromatic carbocycles. The van der Waals surface area contributed by atoms with E-state index in [2.05, 4.69) is 60.7 Å². The third-order valence-electron chi connectivity index (χ3n) is 5.78. The predicted octanol–water partition coefficient (Wildman–Crippen LogP) is 6.00. The highest BCUT2D eigenvalue weighted by Crippen LogP contribution is 2.44. The van der Waals surface area contributed by atoms with E-state index in [1.54, 1.807) is 16.7 Å². The van der Waals surface area contributed by atoms with E-state index >= 15 is 0 Å². The Hall–Kier alpha value is -2.34. The average molecular weight is 310 g/mol. The van der Waals surface area contributed by atoms with Gasteiger partial charge >= 0.3 is 0 Å². The van der Waals surface area contributed by atoms with E-state index in [1.165, 1.54) is 66.3 Å². The Kier molecular flexibility index (Phi) is 3.29. The summed E-state index contributed by atoms with van der Waals surface area (Å²) in [5, 5.41) is 0. The molecule has 3 aromatic rings. The molecule has 2 aliphatic rings. The smallest absolute Gasteiger partial charge is 0.00675 e. The summed E-state index contributed by atoms with van der Waals surface area (Å²) in [6.45, 7) is 0. The first-order chi connectivity index (χ1) is 11.9. The SMILES string of the molecule is c1ccc(-c2cc3c(c4c2-c2ccccc2CC4)CCCC3)cc1. The fourth-order valence-electron chi connectivity index (χ4n) is 4.66. The maximum atomic E-state index is 2.50. The lowest BCUT2D eigenvalue weighted by Gasteiger charge is -2.29. The van der Waals surface area contributed by atoms with Crippen LogP contribution < -0.4 is 0 Å². The van der Waals surface area contributed by atoms with Gasteiger partial charge in [0, 0.05) is 0 Å². The highest BCUT2D eigenvalue weighted by atomic mass is 14.3. The van der Waals surface area contributed by atoms with E-state index < -0.39 is 0 Å². The second-order valence-corrected chi connectivity index (χ2v) is 7.15. The highest BCUT2D eigenvalue weighted by molar-refractivity contribution is 5.89. The Morgan fingerprint density at radius 2 is 1.33 bits per heavy atom. The molecule has 5 rings (SSSR count). The van der Waals surface area contributed by atoms with E-state index in [1.807, 2.05) is 0 Å². The summed E-state index contributed by atoms with van der Waals surface area (Å²) in [5.74, 6) is 0. The Labute approximate surface area is 144 Å². The minimum absolute atomic E-state index is 1.19. The van der Waals surface area contributed by atoms with Crippen LogP contribution >= 0.6 is 0 Å². The summed E-state index contributed by atoms with van der Waals surface area (Å²) in [7, 11) is 0. The number of benzene rings is 3. The molecule has 0 aromatic heterocycles. The predicted molar refractivity (Wildman–Crippen MR) is 101 cm³/mol. The lowest BCUT2D eigenvalue weighted by atomic mass is 9.75. The van der Waals surface area contributed by atoms with Gasteiger partial charge in [0.05, 0.1) is 0 Å². The molecule has 0 N–H and O–H groups in total. The zero-order chi connectivity index (χ0) is 15.9. The van der Waals surface area contributed by atoms with Crippen LogP contribution in [0, 0.1) is 0 Å². The summed E-state index contributed by atoms with van der Waals surface area (Å²) in [5.41, 5.74) is 12.2. The zero-order valence-corrected chi connectivity index (χ0v) is 14.0. The Bertz CT molecular complexity index is 903. The molecule has 24 heavy (non-hydrogen) atoms. The van der Waals surface area contributed by atoms with Crippen LogP contribution in [0.4, 0.5) is 0 Å². The first-order valence-electron chi connectivity index (χ1n) is 9.23. The third-order valence-corrected chi connectivity index (χ3v) is 5.78. The molecule has 0 nitrogen and oxygen atoms in total. The van der Waals surface area contributed by atoms with Crippen molar-refractivity contribution in [2.75, 3.05) is 0 Å². The molecule has 0 amide bonds. The van der Waals surface area contributed by atoms with Gasteiger partial charge in [-0.2, -0.15) is 0 Å². The Morgan fingerprint density at radius 1 is 0.542 bits per heavy atom. The summed E-state index contributed by atoms with van der Waals surface area (Å²) in [6, 6.07) is 22.5. The largest absolute Gasteiger partial charge is 0.0622 e. The second kappa shape index (κ2) is 5.63. The lowest BCUT2D eigenvalue weighted by Crippen LogP contribution is -2.13. The number of aryl methyl sites for hydroxylation is 2. The van der Waals surface area contributed by atoms with Crippen molar-refractivity contribution in [3.05, 3.63) is 82.9 Å². The van der Waals surface area contributed by atoms with Crippen LogP contribution in [0.2, 0.25) is 0 Å². The van der Waals surface area contributed by atoms with Gasteiger partial charge in [0.1, 0.15) is 0 Å². The van der Waals surface area contributed by atoms with Crippen molar-refractivity contribution in [1.82, 2.24) is 0 Å². The number of hydrogen-bond acceptors (Lipinski definition) is 0. The van der Waals surface area contributed by atoms with Crippen molar-refractivity contribution in [3.63, 3.8) is 0 Å². The summed E-state index contributed by atoms with van der Waals surface area (Å²) < 4.78 is 0. The Morgan fingerprint density at radius 3 is 2.25 bits per heavy atom. The maximum absolute atomic E-state index is 2.50. The minimum atomic E-state index is 1.19. The number of fused-ring (bicyclic) bond motifs is 5. The van der Waals surface area contributed by atoms with Crippen molar-refractivity contribution in [2.45, 2.75) is 38.5 Å². The van der Waals surface area contributed by atoms with Gasteiger partial charge in [-0.05, 0) is 83.0 Å². The van der Waals surface area contributed by atoms with Gasteiger partial charge in [-0.1, -0.05) is 60.7 Å². The topological polar surface area (TPSA) is 0 Å². The normalized spacial score (nSPS) is 15.3. The molecule has 0 saturated heterocycles. The van der Waals surface area contributed by atoms with E-state index in [-0.39, 0.29) is 0 Å². The molecular weight excluding hydrogens is 288 g/mol. The van der Waals surface area contributed by atoms with E-state index in [4.69, 9.17) is 0 Å². The molecule has 0 bridgehead atoms. The molecule has 0 saturated carbocycles. The molecule has 118 valence electrons. The standard InChI is InChI=1S/C24H22/c1-2-8-17(9-3-1)23-16-19-11-5-6-12-20(19)22-15-14-18-10-4-7-13-21(18)24(22)23/h1-4,7-10,13,16H,5-6,11-12,14-15H2. The molecule has 0 atom stereocenters. The van der Waals surface area contributed by atoms with E-state index in [0.717, 1.165) is 0 Å². The first-order valence-corrected chi connectivity index (χ1v) is 9.23. The maximum Gasteiger partial charge on any atom is -0.00675 e. The van der Waals surface area contributed by atoms with Crippen LogP contribution in [-0.4, -0.2) is 0 Å². The molecule has 0 radical (unpaired) electrons. The van der Waals surface area contributed by atoms with Gasteiger partial charge in [0.15, 0.2) is 0 Å². The quantitative estimate of drug-likeness (QED) is 0.517. The van der Waals surface area contributed by atoms with E-state index in [9.17, 15) is 0 Å². The van der Waals surface area contributed by atoms with Gasteiger partial charge in [-0.15, -0.1) is 0 Å². The number of rotatable bonds is 1. The van der Waals surface area contributed by atoms with Crippen LogP contribution in [0.5, 0.6) is 0 Å². The number of hydrogen-bond donors (Lipinski definition) is 0.